The fourth-order valence-corrected chi connectivity index (χ4v) is 4.32. The van der Waals surface area contributed by atoms with Gasteiger partial charge in [-0.3, -0.25) is 9.59 Å². The van der Waals surface area contributed by atoms with E-state index in [4.69, 9.17) is 14.2 Å². The van der Waals surface area contributed by atoms with Gasteiger partial charge < -0.3 is 28.8 Å². The van der Waals surface area contributed by atoms with Gasteiger partial charge in [0.1, 0.15) is 11.6 Å². The van der Waals surface area contributed by atoms with Crippen molar-refractivity contribution >= 4 is 17.4 Å². The lowest BCUT2D eigenvalue weighted by atomic mass is 9.94. The highest BCUT2D eigenvalue weighted by molar-refractivity contribution is 6.46. The molecular formula is C26H26FN3O6. The summed E-state index contributed by atoms with van der Waals surface area (Å²) >= 11 is 0. The zero-order valence-electron chi connectivity index (χ0n) is 20.1. The molecule has 3 aromatic rings. The topological polar surface area (TPSA) is 103 Å². The number of methoxy groups -OCH3 is 3. The molecule has 36 heavy (non-hydrogen) atoms. The van der Waals surface area contributed by atoms with Crippen LogP contribution in [0.4, 0.5) is 4.39 Å². The molecule has 0 saturated carbocycles. The van der Waals surface area contributed by atoms with Crippen molar-refractivity contribution < 1.29 is 33.3 Å². The highest BCUT2D eigenvalue weighted by Crippen LogP contribution is 2.45. The molecule has 4 rings (SSSR count). The SMILES string of the molecule is COc1cc([C@H]2/C(=C(\O)c3ccc(F)cc3)C(=O)C(=O)N2CCCn2ccnc2)cc(OC)c1OC. The van der Waals surface area contributed by atoms with Crippen molar-refractivity contribution in [2.75, 3.05) is 27.9 Å². The molecule has 188 valence electrons. The summed E-state index contributed by atoms with van der Waals surface area (Å²) in [6, 6.07) is 7.38. The molecule has 1 aliphatic rings. The Morgan fingerprint density at radius 2 is 1.69 bits per heavy atom. The number of aromatic nitrogens is 2. The summed E-state index contributed by atoms with van der Waals surface area (Å²) in [5, 5.41) is 11.1. The third kappa shape index (κ3) is 4.61. The lowest BCUT2D eigenvalue weighted by Gasteiger charge is -2.26. The Hall–Kier alpha value is -4.34. The molecule has 1 N–H and O–H groups in total. The van der Waals surface area contributed by atoms with Crippen LogP contribution >= 0.6 is 0 Å². The quantitative estimate of drug-likeness (QED) is 0.275. The predicted octanol–water partition coefficient (Wildman–Crippen LogP) is 3.56. The van der Waals surface area contributed by atoms with Gasteiger partial charge in [0.25, 0.3) is 11.7 Å². The monoisotopic (exact) mass is 495 g/mol. The standard InChI is InChI=1S/C26H26FN3O6/c1-34-19-13-17(14-20(35-2)25(19)36-3)22-21(23(31)16-5-7-18(27)8-6-16)24(32)26(33)30(22)11-4-10-29-12-9-28-15-29/h5-9,12-15,22,31H,4,10-11H2,1-3H3/b23-21+/t22-/m0/s1. The Kier molecular flexibility index (Phi) is 7.23. The number of carbonyl (C=O) groups excluding carboxylic acids is 2. The summed E-state index contributed by atoms with van der Waals surface area (Å²) in [4.78, 5) is 31.8. The summed E-state index contributed by atoms with van der Waals surface area (Å²) in [6.45, 7) is 0.799. The molecule has 9 nitrogen and oxygen atoms in total. The van der Waals surface area contributed by atoms with Gasteiger partial charge in [0, 0.05) is 31.0 Å². The van der Waals surface area contributed by atoms with Crippen molar-refractivity contribution in [3.05, 3.63) is 77.6 Å². The summed E-state index contributed by atoms with van der Waals surface area (Å²) < 4.78 is 31.7. The number of aryl methyl sites for hydroxylation is 1. The average molecular weight is 496 g/mol. The van der Waals surface area contributed by atoms with E-state index in [1.54, 1.807) is 30.9 Å². The van der Waals surface area contributed by atoms with Crippen LogP contribution in [0.25, 0.3) is 5.76 Å². The normalized spacial score (nSPS) is 16.9. The van der Waals surface area contributed by atoms with Crippen molar-refractivity contribution in [2.45, 2.75) is 19.0 Å². The molecule has 0 radical (unpaired) electrons. The molecule has 2 aromatic carbocycles. The Morgan fingerprint density at radius 3 is 2.25 bits per heavy atom. The van der Waals surface area contributed by atoms with Crippen LogP contribution in [0.1, 0.15) is 23.6 Å². The molecule has 1 atom stereocenters. The van der Waals surface area contributed by atoms with Gasteiger partial charge in [-0.25, -0.2) is 9.37 Å². The number of benzene rings is 2. The van der Waals surface area contributed by atoms with E-state index in [1.807, 2.05) is 4.57 Å². The molecule has 10 heteroatoms. The fourth-order valence-electron chi connectivity index (χ4n) is 4.32. The Bertz CT molecular complexity index is 1260. The molecule has 2 heterocycles. The largest absolute Gasteiger partial charge is 0.507 e. The molecule has 0 unspecified atom stereocenters. The predicted molar refractivity (Wildman–Crippen MR) is 128 cm³/mol. The second-order valence-corrected chi connectivity index (χ2v) is 8.11. The number of Topliss-reactive ketones (excluding diaryl/α,β-unsaturated/α-hetero) is 1. The number of ketones is 1. The van der Waals surface area contributed by atoms with E-state index < -0.39 is 29.3 Å². The Labute approximate surface area is 207 Å². The first-order valence-electron chi connectivity index (χ1n) is 11.2. The van der Waals surface area contributed by atoms with Gasteiger partial charge in [0.05, 0.1) is 39.3 Å². The zero-order valence-corrected chi connectivity index (χ0v) is 20.1. The number of amides is 1. The van der Waals surface area contributed by atoms with E-state index in [1.165, 1.54) is 50.5 Å². The Morgan fingerprint density at radius 1 is 1.03 bits per heavy atom. The van der Waals surface area contributed by atoms with Gasteiger partial charge in [0.15, 0.2) is 11.5 Å². The number of hydrogen-bond donors (Lipinski definition) is 1. The van der Waals surface area contributed by atoms with Crippen LogP contribution in [0.15, 0.2) is 60.7 Å². The maximum absolute atomic E-state index is 13.5. The number of halogens is 1. The number of ether oxygens (including phenoxy) is 3. The fraction of sp³-hybridized carbons (Fsp3) is 0.269. The number of imidazole rings is 1. The third-order valence-corrected chi connectivity index (χ3v) is 6.03. The highest BCUT2D eigenvalue weighted by Gasteiger charge is 2.46. The highest BCUT2D eigenvalue weighted by atomic mass is 19.1. The van der Waals surface area contributed by atoms with Crippen molar-refractivity contribution in [2.24, 2.45) is 0 Å². The molecule has 0 spiro atoms. The van der Waals surface area contributed by atoms with Gasteiger partial charge in [-0.1, -0.05) is 0 Å². The van der Waals surface area contributed by atoms with Gasteiger partial charge in [0.2, 0.25) is 5.75 Å². The van der Waals surface area contributed by atoms with Crippen LogP contribution < -0.4 is 14.2 Å². The van der Waals surface area contributed by atoms with Crippen LogP contribution in [0, 0.1) is 5.82 Å². The van der Waals surface area contributed by atoms with Crippen molar-refractivity contribution in [1.82, 2.24) is 14.5 Å². The van der Waals surface area contributed by atoms with Gasteiger partial charge in [-0.15, -0.1) is 0 Å². The van der Waals surface area contributed by atoms with Gasteiger partial charge in [-0.2, -0.15) is 0 Å². The number of likely N-dealkylation sites (tertiary alicyclic amines) is 1. The first kappa shape index (κ1) is 24.8. The van der Waals surface area contributed by atoms with Gasteiger partial charge in [-0.05, 0) is 48.4 Å². The minimum absolute atomic E-state index is 0.108. The molecule has 0 bridgehead atoms. The third-order valence-electron chi connectivity index (χ3n) is 6.03. The zero-order chi connectivity index (χ0) is 25.8. The summed E-state index contributed by atoms with van der Waals surface area (Å²) in [6.07, 6.45) is 5.66. The number of aliphatic hydroxyl groups is 1. The van der Waals surface area contributed by atoms with Crippen LogP contribution in [0.2, 0.25) is 0 Å². The van der Waals surface area contributed by atoms with Crippen molar-refractivity contribution in [3.63, 3.8) is 0 Å². The van der Waals surface area contributed by atoms with E-state index in [9.17, 15) is 19.1 Å². The van der Waals surface area contributed by atoms with E-state index in [0.717, 1.165) is 0 Å². The molecule has 1 aromatic heterocycles. The smallest absolute Gasteiger partial charge is 0.295 e. The lowest BCUT2D eigenvalue weighted by Crippen LogP contribution is -2.31. The number of rotatable bonds is 9. The number of hydrogen-bond acceptors (Lipinski definition) is 7. The number of aliphatic hydroxyl groups excluding tert-OH is 1. The first-order valence-corrected chi connectivity index (χ1v) is 11.2. The second-order valence-electron chi connectivity index (χ2n) is 8.11. The molecular weight excluding hydrogens is 469 g/mol. The van der Waals surface area contributed by atoms with Crippen LogP contribution in [0.5, 0.6) is 17.2 Å². The van der Waals surface area contributed by atoms with Gasteiger partial charge >= 0.3 is 0 Å². The van der Waals surface area contributed by atoms with Crippen LogP contribution in [0.3, 0.4) is 0 Å². The van der Waals surface area contributed by atoms with E-state index in [0.29, 0.717) is 35.8 Å². The molecule has 1 aliphatic heterocycles. The lowest BCUT2D eigenvalue weighted by molar-refractivity contribution is -0.139. The summed E-state index contributed by atoms with van der Waals surface area (Å²) in [7, 11) is 4.39. The maximum Gasteiger partial charge on any atom is 0.295 e. The first-order chi connectivity index (χ1) is 17.4. The molecule has 0 aliphatic carbocycles. The number of nitrogens with zero attached hydrogens (tertiary/aromatic N) is 3. The Balaban J connectivity index is 1.83. The van der Waals surface area contributed by atoms with Crippen LogP contribution in [-0.2, 0) is 16.1 Å². The molecule has 1 fully saturated rings. The van der Waals surface area contributed by atoms with E-state index >= 15 is 0 Å². The van der Waals surface area contributed by atoms with E-state index in [-0.39, 0.29) is 17.7 Å². The van der Waals surface area contributed by atoms with Crippen LogP contribution in [-0.4, -0.2) is 59.1 Å². The minimum Gasteiger partial charge on any atom is -0.507 e. The summed E-state index contributed by atoms with van der Waals surface area (Å²) in [5.41, 5.74) is 0.587. The maximum atomic E-state index is 13.5. The second kappa shape index (κ2) is 10.5. The minimum atomic E-state index is -0.938. The molecule has 1 amide bonds. The summed E-state index contributed by atoms with van der Waals surface area (Å²) in [5.74, 6) is -1.47. The van der Waals surface area contributed by atoms with Crippen molar-refractivity contribution in [1.29, 1.82) is 0 Å². The van der Waals surface area contributed by atoms with Crippen molar-refractivity contribution in [3.8, 4) is 17.2 Å². The van der Waals surface area contributed by atoms with E-state index in [2.05, 4.69) is 4.98 Å². The number of carbonyl (C=O) groups is 2. The average Bonchev–Trinajstić information content (AvgIpc) is 3.50. The molecule has 1 saturated heterocycles.